The van der Waals surface area contributed by atoms with Crippen molar-refractivity contribution in [3.8, 4) is 0 Å². The molecule has 3 heteroatoms. The Kier molecular flexibility index (Phi) is 4.38. The first kappa shape index (κ1) is 13.8. The van der Waals surface area contributed by atoms with Crippen molar-refractivity contribution in [1.29, 1.82) is 0 Å². The number of aryl methyl sites for hydroxylation is 1. The molecule has 3 nitrogen and oxygen atoms in total. The summed E-state index contributed by atoms with van der Waals surface area (Å²) in [7, 11) is 1.97. The molecule has 19 heavy (non-hydrogen) atoms. The third kappa shape index (κ3) is 3.04. The lowest BCUT2D eigenvalue weighted by Gasteiger charge is -2.07. The summed E-state index contributed by atoms with van der Waals surface area (Å²) in [4.78, 5) is 0. The molecule has 0 saturated heterocycles. The fourth-order valence-electron chi connectivity index (χ4n) is 2.54. The Labute approximate surface area is 115 Å². The molecule has 0 radical (unpaired) electrons. The molecule has 0 saturated carbocycles. The van der Waals surface area contributed by atoms with E-state index in [1.807, 2.05) is 7.05 Å². The van der Waals surface area contributed by atoms with Crippen molar-refractivity contribution in [2.75, 3.05) is 7.05 Å². The molecule has 0 fully saturated rings. The van der Waals surface area contributed by atoms with Gasteiger partial charge in [0.1, 0.15) is 0 Å². The maximum absolute atomic E-state index is 4.64. The van der Waals surface area contributed by atoms with E-state index in [2.05, 4.69) is 60.1 Å². The van der Waals surface area contributed by atoms with Gasteiger partial charge in [-0.25, -0.2) is 0 Å². The topological polar surface area (TPSA) is 29.9 Å². The summed E-state index contributed by atoms with van der Waals surface area (Å²) in [5.41, 5.74) is 6.44. The predicted molar refractivity (Wildman–Crippen MR) is 79.4 cm³/mol. The summed E-state index contributed by atoms with van der Waals surface area (Å²) in [6.45, 7) is 8.22. The van der Waals surface area contributed by atoms with Crippen LogP contribution >= 0.6 is 0 Å². The van der Waals surface area contributed by atoms with E-state index in [0.717, 1.165) is 25.2 Å². The highest BCUT2D eigenvalue weighted by Crippen LogP contribution is 2.15. The van der Waals surface area contributed by atoms with E-state index in [1.165, 1.54) is 22.4 Å². The van der Waals surface area contributed by atoms with Crippen molar-refractivity contribution in [2.45, 2.75) is 40.3 Å². The van der Waals surface area contributed by atoms with E-state index in [1.54, 1.807) is 0 Å². The van der Waals surface area contributed by atoms with Gasteiger partial charge in [0, 0.05) is 12.2 Å². The summed E-state index contributed by atoms with van der Waals surface area (Å²) in [5.74, 6) is 0. The molecule has 102 valence electrons. The Hall–Kier alpha value is -1.61. The van der Waals surface area contributed by atoms with E-state index in [-0.39, 0.29) is 0 Å². The van der Waals surface area contributed by atoms with Crippen LogP contribution in [0, 0.1) is 13.8 Å². The highest BCUT2D eigenvalue weighted by Gasteiger charge is 2.09. The lowest BCUT2D eigenvalue weighted by molar-refractivity contribution is 0.657. The monoisotopic (exact) mass is 257 g/mol. The maximum atomic E-state index is 4.64. The molecule has 0 aliphatic carbocycles. The number of nitrogens with zero attached hydrogens (tertiary/aromatic N) is 2. The molecule has 2 aromatic rings. The lowest BCUT2D eigenvalue weighted by atomic mass is 10.1. The first-order valence-corrected chi connectivity index (χ1v) is 6.91. The molecule has 2 rings (SSSR count). The van der Waals surface area contributed by atoms with E-state index in [4.69, 9.17) is 0 Å². The lowest BCUT2D eigenvalue weighted by Crippen LogP contribution is -2.06. The van der Waals surface area contributed by atoms with Crippen LogP contribution in [0.25, 0.3) is 0 Å². The van der Waals surface area contributed by atoms with Gasteiger partial charge in [-0.05, 0) is 44.0 Å². The third-order valence-corrected chi connectivity index (χ3v) is 3.62. The zero-order valence-corrected chi connectivity index (χ0v) is 12.3. The summed E-state index contributed by atoms with van der Waals surface area (Å²) >= 11 is 0. The summed E-state index contributed by atoms with van der Waals surface area (Å²) in [5, 5.41) is 7.80. The minimum Gasteiger partial charge on any atom is -0.316 e. The molecule has 0 atom stereocenters. The second-order valence-corrected chi connectivity index (χ2v) is 5.01. The zero-order chi connectivity index (χ0) is 13.8. The molecule has 0 amide bonds. The molecule has 0 bridgehead atoms. The van der Waals surface area contributed by atoms with Gasteiger partial charge in [0.2, 0.25) is 0 Å². The Balaban J connectivity index is 2.17. The first-order valence-electron chi connectivity index (χ1n) is 6.91. The van der Waals surface area contributed by atoms with Crippen LogP contribution in [-0.2, 0) is 19.5 Å². The summed E-state index contributed by atoms with van der Waals surface area (Å²) in [6, 6.07) is 8.74. The quantitative estimate of drug-likeness (QED) is 0.892. The number of hydrogen-bond acceptors (Lipinski definition) is 2. The van der Waals surface area contributed by atoms with Gasteiger partial charge in [-0.2, -0.15) is 5.10 Å². The Bertz CT molecular complexity index is 538. The van der Waals surface area contributed by atoms with Gasteiger partial charge >= 0.3 is 0 Å². The molecule has 1 aromatic carbocycles. The van der Waals surface area contributed by atoms with Crippen LogP contribution in [0.3, 0.4) is 0 Å². The van der Waals surface area contributed by atoms with Crippen LogP contribution in [0.2, 0.25) is 0 Å². The van der Waals surface area contributed by atoms with E-state index in [0.29, 0.717) is 0 Å². The van der Waals surface area contributed by atoms with Crippen molar-refractivity contribution < 1.29 is 0 Å². The molecule has 0 aliphatic heterocycles. The smallest absolute Gasteiger partial charge is 0.0662 e. The number of rotatable bonds is 5. The molecular weight excluding hydrogens is 234 g/mol. The van der Waals surface area contributed by atoms with Gasteiger partial charge in [-0.15, -0.1) is 0 Å². The largest absolute Gasteiger partial charge is 0.316 e. The molecule has 1 heterocycles. The van der Waals surface area contributed by atoms with Gasteiger partial charge in [0.15, 0.2) is 0 Å². The van der Waals surface area contributed by atoms with Crippen LogP contribution in [0.1, 0.15) is 35.0 Å². The van der Waals surface area contributed by atoms with Crippen molar-refractivity contribution >= 4 is 0 Å². The van der Waals surface area contributed by atoms with Gasteiger partial charge in [-0.1, -0.05) is 31.2 Å². The van der Waals surface area contributed by atoms with Crippen LogP contribution < -0.4 is 5.32 Å². The number of benzene rings is 1. The van der Waals surface area contributed by atoms with E-state index in [9.17, 15) is 0 Å². The average molecular weight is 257 g/mol. The second kappa shape index (κ2) is 6.02. The number of hydrogen-bond donors (Lipinski definition) is 1. The molecule has 0 unspecified atom stereocenters. The molecule has 0 spiro atoms. The van der Waals surface area contributed by atoms with E-state index < -0.39 is 0 Å². The Morgan fingerprint density at radius 2 is 1.74 bits per heavy atom. The van der Waals surface area contributed by atoms with E-state index >= 15 is 0 Å². The van der Waals surface area contributed by atoms with Crippen LogP contribution in [0.15, 0.2) is 24.3 Å². The minimum atomic E-state index is 0.854. The summed E-state index contributed by atoms with van der Waals surface area (Å²) in [6.07, 6.45) is 1.05. The highest BCUT2D eigenvalue weighted by molar-refractivity contribution is 5.27. The number of aromatic nitrogens is 2. The fourth-order valence-corrected chi connectivity index (χ4v) is 2.54. The molecule has 1 aromatic heterocycles. The van der Waals surface area contributed by atoms with Crippen molar-refractivity contribution in [2.24, 2.45) is 0 Å². The van der Waals surface area contributed by atoms with Gasteiger partial charge in [0.25, 0.3) is 0 Å². The molecule has 0 aliphatic rings. The predicted octanol–water partition coefficient (Wildman–Crippen LogP) is 2.83. The van der Waals surface area contributed by atoms with Crippen LogP contribution in [0.4, 0.5) is 0 Å². The minimum absolute atomic E-state index is 0.854. The van der Waals surface area contributed by atoms with Crippen LogP contribution in [-0.4, -0.2) is 16.8 Å². The Morgan fingerprint density at radius 3 is 2.26 bits per heavy atom. The van der Waals surface area contributed by atoms with Crippen molar-refractivity contribution in [3.05, 3.63) is 52.3 Å². The first-order chi connectivity index (χ1) is 9.15. The van der Waals surface area contributed by atoms with Crippen LogP contribution in [0.5, 0.6) is 0 Å². The van der Waals surface area contributed by atoms with Crippen molar-refractivity contribution in [1.82, 2.24) is 15.1 Å². The standard InChI is InChI=1S/C16H23N3/c1-5-16-12(2)18-19(13(16)3)11-15-8-6-14(7-9-15)10-17-4/h6-9,17H,5,10-11H2,1-4H3. The number of nitrogens with one attached hydrogen (secondary N) is 1. The summed E-state index contributed by atoms with van der Waals surface area (Å²) < 4.78 is 2.11. The zero-order valence-electron chi connectivity index (χ0n) is 12.3. The van der Waals surface area contributed by atoms with Gasteiger partial charge in [0.05, 0.1) is 12.2 Å². The Morgan fingerprint density at radius 1 is 1.11 bits per heavy atom. The normalized spacial score (nSPS) is 10.9. The third-order valence-electron chi connectivity index (χ3n) is 3.62. The molecular formula is C16H23N3. The highest BCUT2D eigenvalue weighted by atomic mass is 15.3. The SMILES string of the molecule is CCc1c(C)nn(Cc2ccc(CNC)cc2)c1C. The van der Waals surface area contributed by atoms with Gasteiger partial charge in [-0.3, -0.25) is 4.68 Å². The maximum Gasteiger partial charge on any atom is 0.0662 e. The van der Waals surface area contributed by atoms with Gasteiger partial charge < -0.3 is 5.32 Å². The second-order valence-electron chi connectivity index (χ2n) is 5.01. The fraction of sp³-hybridized carbons (Fsp3) is 0.438. The average Bonchev–Trinajstić information content (AvgIpc) is 2.67. The van der Waals surface area contributed by atoms with Crippen molar-refractivity contribution in [3.63, 3.8) is 0 Å². The molecule has 1 N–H and O–H groups in total.